The molecule has 37 heteroatoms. The third kappa shape index (κ3) is 31.1. The lowest BCUT2D eigenvalue weighted by atomic mass is 10.0. The molecule has 0 fully saturated rings. The molecule has 1 atom stereocenters. The summed E-state index contributed by atoms with van der Waals surface area (Å²) in [5.74, 6) is 12.9. The molecule has 35 nitrogen and oxygen atoms in total. The van der Waals surface area contributed by atoms with Gasteiger partial charge in [0.25, 0.3) is 0 Å². The van der Waals surface area contributed by atoms with Crippen LogP contribution < -0.4 is 62.8 Å². The van der Waals surface area contributed by atoms with E-state index in [0.29, 0.717) is 156 Å². The second-order valence-corrected chi connectivity index (χ2v) is 37.1. The molecular weight excluding hydrogens is 1810 g/mol. The number of pyridine rings is 6. The van der Waals surface area contributed by atoms with Gasteiger partial charge in [0.05, 0.1) is 77.5 Å². The fraction of sp³-hybridized carbons (Fsp3) is 0.291. The first-order chi connectivity index (χ1) is 66.4. The van der Waals surface area contributed by atoms with E-state index in [4.69, 9.17) is 67.6 Å². The molecule has 0 aliphatic heterocycles. The van der Waals surface area contributed by atoms with Crippen LogP contribution in [0.2, 0.25) is 0 Å². The van der Waals surface area contributed by atoms with Crippen LogP contribution in [0.3, 0.4) is 0 Å². The second kappa shape index (κ2) is 50.3. The zero-order valence-corrected chi connectivity index (χ0v) is 84.4. The van der Waals surface area contributed by atoms with Gasteiger partial charge in [-0.25, -0.2) is 78.2 Å². The molecule has 12 aromatic heterocycles. The molecule has 0 saturated carbocycles. The van der Waals surface area contributed by atoms with Gasteiger partial charge in [-0.1, -0.05) is 163 Å². The summed E-state index contributed by atoms with van der Waals surface area (Å²) < 4.78 is 79.2. The molecule has 0 radical (unpaired) electrons. The first-order valence-electron chi connectivity index (χ1n) is 44.8. The maximum absolute atomic E-state index is 12.8. The molecule has 140 heavy (non-hydrogen) atoms. The highest BCUT2D eigenvalue weighted by molar-refractivity contribution is 7.90. The van der Waals surface area contributed by atoms with Gasteiger partial charge in [-0.15, -0.1) is 0 Å². The Morgan fingerprint density at radius 3 is 0.971 bits per heavy atom. The lowest BCUT2D eigenvalue weighted by Crippen LogP contribution is -2.09. The van der Waals surface area contributed by atoms with Crippen LogP contribution in [-0.4, -0.2) is 115 Å². The number of ketones is 1. The van der Waals surface area contributed by atoms with Crippen LogP contribution in [0.4, 0.5) is 34.9 Å². The average molecular weight is 1940 g/mol. The number of carbonyl (C=O) groups is 1. The number of hydrogen-bond donors (Lipinski definition) is 6. The number of carbonyl (C=O) groups excluding carboxylic acids is 1. The number of hydrogen-bond acceptors (Lipinski definition) is 35. The summed E-state index contributed by atoms with van der Waals surface area (Å²) in [6.45, 7) is 52.4. The molecule has 12 heterocycles. The number of rotatable bonds is 30. The van der Waals surface area contributed by atoms with Crippen molar-refractivity contribution < 1.29 is 50.6 Å². The normalized spacial score (nSPS) is 11.1. The zero-order valence-electron chi connectivity index (χ0n) is 82.8. The summed E-state index contributed by atoms with van der Waals surface area (Å²) in [7, 11) is -4.93. The van der Waals surface area contributed by atoms with Gasteiger partial charge in [0.1, 0.15) is 91.6 Å². The maximum atomic E-state index is 12.8. The molecule has 14 aromatic rings. The van der Waals surface area contributed by atoms with E-state index in [0.717, 1.165) is 55.9 Å². The number of allylic oxidation sites excluding steroid dienone is 1. The minimum absolute atomic E-state index is 0.0534. The van der Waals surface area contributed by atoms with Crippen molar-refractivity contribution in [2.24, 2.45) is 0 Å². The van der Waals surface area contributed by atoms with Crippen LogP contribution in [0.5, 0.6) is 69.0 Å². The minimum atomic E-state index is -3.64. The molecule has 0 aliphatic carbocycles. The van der Waals surface area contributed by atoms with Crippen molar-refractivity contribution in [2.75, 3.05) is 41.0 Å². The Morgan fingerprint density at radius 1 is 0.364 bits per heavy atom. The first-order valence-corrected chi connectivity index (χ1v) is 47.8. The highest BCUT2D eigenvalue weighted by Crippen LogP contribution is 2.41. The molecule has 14 rings (SSSR count). The van der Waals surface area contributed by atoms with Crippen molar-refractivity contribution >= 4 is 78.7 Å². The van der Waals surface area contributed by atoms with Gasteiger partial charge in [0.15, 0.2) is 90.1 Å². The van der Waals surface area contributed by atoms with Crippen molar-refractivity contribution in [2.45, 2.75) is 202 Å². The molecule has 732 valence electrons. The number of nitrogens with two attached hydrogens (primary N) is 6. The number of aryl methyl sites for hydroxylation is 6. The average Bonchev–Trinajstić information content (AvgIpc) is 0.721. The number of benzene rings is 2. The van der Waals surface area contributed by atoms with Crippen LogP contribution in [0.1, 0.15) is 246 Å². The van der Waals surface area contributed by atoms with E-state index in [9.17, 15) is 17.4 Å². The molecule has 0 saturated heterocycles. The molecule has 12 N–H and O–H groups in total. The van der Waals surface area contributed by atoms with Gasteiger partial charge in [-0.3, -0.25) is 28.9 Å². The summed E-state index contributed by atoms with van der Waals surface area (Å²) in [6.07, 6.45) is 21.2. The Morgan fingerprint density at radius 2 is 0.650 bits per heavy atom. The lowest BCUT2D eigenvalue weighted by Gasteiger charge is -2.16. The number of aromatic nitrogens is 18. The van der Waals surface area contributed by atoms with E-state index in [1.54, 1.807) is 140 Å². The van der Waals surface area contributed by atoms with Crippen LogP contribution in [0.15, 0.2) is 201 Å². The summed E-state index contributed by atoms with van der Waals surface area (Å²) in [5, 5.41) is 0.409. The second-order valence-electron chi connectivity index (χ2n) is 33.7. The Hall–Kier alpha value is -15.8. The summed E-state index contributed by atoms with van der Waals surface area (Å²) in [4.78, 5) is 86.5. The number of anilines is 6. The van der Waals surface area contributed by atoms with Gasteiger partial charge < -0.3 is 67.6 Å². The predicted octanol–water partition coefficient (Wildman–Crippen LogP) is 21.2. The number of nitrogens with zero attached hydrogens (tertiary/aromatic N) is 18. The molecule has 0 amide bonds. The summed E-state index contributed by atoms with van der Waals surface area (Å²) in [5.41, 5.74) is 45.9. The Kier molecular flexibility index (Phi) is 38.8. The van der Waals surface area contributed by atoms with Crippen molar-refractivity contribution in [3.05, 3.63) is 293 Å². The fourth-order valence-corrected chi connectivity index (χ4v) is 15.1. The van der Waals surface area contributed by atoms with Gasteiger partial charge in [0, 0.05) is 114 Å². The van der Waals surface area contributed by atoms with E-state index in [-0.39, 0.29) is 75.3 Å². The monoisotopic (exact) mass is 1930 g/mol. The van der Waals surface area contributed by atoms with E-state index in [1.165, 1.54) is 31.6 Å². The third-order valence-corrected chi connectivity index (χ3v) is 23.2. The van der Waals surface area contributed by atoms with Gasteiger partial charge in [-0.05, 0) is 114 Å². The van der Waals surface area contributed by atoms with Crippen LogP contribution in [0, 0.1) is 41.5 Å². The van der Waals surface area contributed by atoms with Gasteiger partial charge >= 0.3 is 0 Å². The summed E-state index contributed by atoms with van der Waals surface area (Å²) >= 11 is 0. The molecule has 1 unspecified atom stereocenters. The van der Waals surface area contributed by atoms with Crippen LogP contribution in [0.25, 0.3) is 17.4 Å². The SMILES string of the molecule is C=C(C)c1cc(Oc2cnc(C)nc2N)c(C(C)C)cn1.C=C(OCC)c1cc(Oc2cnc(C)nc2N)c(C(C)C)cn1.C=Cc1cc(Oc2cnc(C)nc2N)c(C(C)C)cn1.CC(=O)c1cc(Oc2cnc(C)nc2N)c(C(C)C)cn1.Cc1ncc(Oc2cc(S(=O)(=O)Cc3ccccc3)ncc2C(C)C)c(N)n1.Cc1ncc(Oc2cc(S(=O)Cc3ccccc3)ncc2C(C)C)c(N)n1. The standard InChI is InChI=1S/C20H22N4O3S.C20H22N4O2S.C17H22N4O2.C16H20N4O.C15H18N4O2.C15H18N4O/c1-13(2)16-10-23-19(28(25,26)12-15-7-5-4-6-8-15)9-17(16)27-18-11-22-14(3)24-20(18)21;1-13(2)16-10-23-19(27(25)12-15-7-5-4-6-8-15)9-17(16)26-18-11-22-14(3)24-20(18)21;1-6-22-11(4)14-7-15(13(8-20-14)10(2)3)23-16-9-19-12(5)21-17(16)18;1-9(2)12-7-19-13(10(3)4)6-14(12)21-15-8-18-11(5)20-16(15)17;1-8(2)11-6-18-12(9(3)20)5-13(11)21-14-7-17-10(4)19-15(14)16;1-5-11-6-13(12(7-18-11)9(2)3)20-14-8-17-10(4)19-15(14)16/h4-11,13H,12H2,1-3H3,(H2,21,22,24);4-11,13H,12H2,1-3H3,(H2,21,22,24);7-10H,4,6H2,1-3,5H3,(H2,18,19,21);6-9H,3H2,1-2,4-5H3,(H2,17,18,20);5-8H,1-4H3,(H2,16,17,19);5-9H,1H2,2-4H3,(H2,16,17,19). The molecule has 2 aromatic carbocycles. The highest BCUT2D eigenvalue weighted by Gasteiger charge is 2.25. The van der Waals surface area contributed by atoms with Crippen molar-refractivity contribution in [3.63, 3.8) is 0 Å². The largest absolute Gasteiger partial charge is 0.492 e. The number of nitrogen functional groups attached to an aromatic ring is 6. The van der Waals surface area contributed by atoms with E-state index < -0.39 is 20.6 Å². The van der Waals surface area contributed by atoms with Gasteiger partial charge in [-0.2, -0.15) is 0 Å². The summed E-state index contributed by atoms with van der Waals surface area (Å²) in [6, 6.07) is 28.9. The Bertz CT molecular complexity index is 6720. The van der Waals surface area contributed by atoms with Crippen LogP contribution in [-0.2, 0) is 36.9 Å². The Balaban J connectivity index is 0.000000189. The van der Waals surface area contributed by atoms with Crippen LogP contribution >= 0.6 is 0 Å². The number of Topliss-reactive ketones (excluding diaryl/α,β-unsaturated/α-hetero) is 1. The molecule has 0 spiro atoms. The Labute approximate surface area is 820 Å². The van der Waals surface area contributed by atoms with E-state index in [2.05, 4.69) is 151 Å². The number of ether oxygens (including phenoxy) is 7. The highest BCUT2D eigenvalue weighted by atomic mass is 32.2. The maximum Gasteiger partial charge on any atom is 0.199 e. The fourth-order valence-electron chi connectivity index (χ4n) is 12.7. The van der Waals surface area contributed by atoms with Crippen molar-refractivity contribution in [1.82, 2.24) is 89.7 Å². The molecular formula is C103H122N24O11S2. The third-order valence-electron chi connectivity index (χ3n) is 20.3. The van der Waals surface area contributed by atoms with Gasteiger partial charge in [0.2, 0.25) is 0 Å². The molecule has 0 bridgehead atoms. The first kappa shape index (κ1) is 108. The topological polar surface area (TPSA) is 521 Å². The van der Waals surface area contributed by atoms with Crippen molar-refractivity contribution in [3.8, 4) is 69.0 Å². The zero-order chi connectivity index (χ0) is 103. The number of sulfone groups is 1. The lowest BCUT2D eigenvalue weighted by molar-refractivity contribution is 0.101. The van der Waals surface area contributed by atoms with Crippen molar-refractivity contribution in [1.29, 1.82) is 0 Å². The van der Waals surface area contributed by atoms with E-state index >= 15 is 0 Å². The predicted molar refractivity (Wildman–Crippen MR) is 547 cm³/mol. The quantitative estimate of drug-likeness (QED) is 0.0180. The minimum Gasteiger partial charge on any atom is -0.492 e. The smallest absolute Gasteiger partial charge is 0.199 e. The van der Waals surface area contributed by atoms with E-state index in [1.807, 2.05) is 110 Å². The molecule has 0 aliphatic rings.